The zero-order valence-electron chi connectivity index (χ0n) is 13.7. The smallest absolute Gasteiger partial charge is 0.349 e. The van der Waals surface area contributed by atoms with E-state index in [4.69, 9.17) is 4.74 Å². The van der Waals surface area contributed by atoms with Crippen molar-refractivity contribution in [2.24, 2.45) is 7.05 Å². The van der Waals surface area contributed by atoms with Crippen molar-refractivity contribution in [1.29, 1.82) is 0 Å². The Morgan fingerprint density at radius 1 is 1.41 bits per heavy atom. The maximum absolute atomic E-state index is 12.2. The summed E-state index contributed by atoms with van der Waals surface area (Å²) >= 11 is 1.31. The molecule has 1 N–H and O–H groups in total. The summed E-state index contributed by atoms with van der Waals surface area (Å²) in [6, 6.07) is 1.76. The van der Waals surface area contributed by atoms with Gasteiger partial charge in [-0.3, -0.25) is 9.48 Å². The van der Waals surface area contributed by atoms with E-state index in [9.17, 15) is 9.59 Å². The van der Waals surface area contributed by atoms with E-state index in [1.165, 1.54) is 11.3 Å². The van der Waals surface area contributed by atoms with Crippen LogP contribution >= 0.6 is 11.3 Å². The van der Waals surface area contributed by atoms with Crippen molar-refractivity contribution in [3.8, 4) is 0 Å². The summed E-state index contributed by atoms with van der Waals surface area (Å²) in [6.07, 6.45) is -0.837. The van der Waals surface area contributed by atoms with Crippen LogP contribution in [0, 0.1) is 6.92 Å². The molecule has 2 heterocycles. The molecule has 0 aliphatic carbocycles. The fraction of sp³-hybridized carbons (Fsp3) is 0.533. The number of nitrogens with one attached hydrogen (secondary N) is 1. The van der Waals surface area contributed by atoms with Crippen LogP contribution in [0.3, 0.4) is 0 Å². The van der Waals surface area contributed by atoms with Crippen LogP contribution < -0.4 is 5.32 Å². The van der Waals surface area contributed by atoms with E-state index in [0.717, 1.165) is 15.9 Å². The van der Waals surface area contributed by atoms with Gasteiger partial charge >= 0.3 is 5.97 Å². The Morgan fingerprint density at radius 3 is 2.59 bits per heavy atom. The molecule has 7 heteroatoms. The predicted octanol–water partition coefficient (Wildman–Crippen LogP) is 2.40. The molecule has 120 valence electrons. The molecule has 2 aromatic rings. The molecule has 0 unspecified atom stereocenters. The molecule has 2 aromatic heterocycles. The minimum Gasteiger partial charge on any atom is -0.448 e. The van der Waals surface area contributed by atoms with Gasteiger partial charge in [-0.1, -0.05) is 0 Å². The Bertz CT molecular complexity index is 690. The van der Waals surface area contributed by atoms with Gasteiger partial charge in [0.1, 0.15) is 9.71 Å². The fourth-order valence-corrected chi connectivity index (χ4v) is 3.06. The molecule has 0 radical (unpaired) electrons. The number of esters is 1. The molecule has 0 spiro atoms. The topological polar surface area (TPSA) is 73.2 Å². The Labute approximate surface area is 133 Å². The molecule has 0 aliphatic heterocycles. The summed E-state index contributed by atoms with van der Waals surface area (Å²) in [5.41, 5.74) is 0.504. The van der Waals surface area contributed by atoms with Crippen molar-refractivity contribution < 1.29 is 14.3 Å². The summed E-state index contributed by atoms with van der Waals surface area (Å²) in [5.74, 6) is -0.794. The minimum atomic E-state index is -0.837. The second-order valence-electron chi connectivity index (χ2n) is 6.33. The Morgan fingerprint density at radius 2 is 2.05 bits per heavy atom. The van der Waals surface area contributed by atoms with Crippen LogP contribution in [0.1, 0.15) is 43.1 Å². The normalized spacial score (nSPS) is 13.2. The van der Waals surface area contributed by atoms with Gasteiger partial charge in [0.25, 0.3) is 5.91 Å². The molecule has 0 saturated heterocycles. The van der Waals surface area contributed by atoms with E-state index >= 15 is 0 Å². The van der Waals surface area contributed by atoms with Crippen LogP contribution in [0.2, 0.25) is 0 Å². The molecule has 6 nitrogen and oxygen atoms in total. The second kappa shape index (κ2) is 5.72. The summed E-state index contributed by atoms with van der Waals surface area (Å²) in [5, 5.41) is 8.02. The van der Waals surface area contributed by atoms with E-state index in [0.29, 0.717) is 4.88 Å². The number of amides is 1. The summed E-state index contributed by atoms with van der Waals surface area (Å²) in [4.78, 5) is 25.5. The van der Waals surface area contributed by atoms with Crippen molar-refractivity contribution in [2.45, 2.75) is 46.3 Å². The molecule has 0 saturated carbocycles. The number of ether oxygens (including phenoxy) is 1. The third-order valence-corrected chi connectivity index (χ3v) is 4.23. The average molecular weight is 323 g/mol. The standard InChI is InChI=1S/C15H21N3O3S/c1-8-10-7-11(22-13(10)18(6)17-8)14(20)21-9(2)12(19)16-15(3,4)5/h7,9H,1-6H3,(H,16,19)/t9-/m0/s1. The molecule has 0 aromatic carbocycles. The van der Waals surface area contributed by atoms with Gasteiger partial charge in [0.15, 0.2) is 6.10 Å². The first-order valence-electron chi connectivity index (χ1n) is 7.04. The summed E-state index contributed by atoms with van der Waals surface area (Å²) < 4.78 is 6.99. The lowest BCUT2D eigenvalue weighted by Gasteiger charge is -2.23. The third kappa shape index (κ3) is 3.47. The number of carbonyl (C=O) groups is 2. The van der Waals surface area contributed by atoms with Gasteiger partial charge in [-0.25, -0.2) is 4.79 Å². The maximum atomic E-state index is 12.2. The quantitative estimate of drug-likeness (QED) is 0.880. The Balaban J connectivity index is 2.10. The predicted molar refractivity (Wildman–Crippen MR) is 86.1 cm³/mol. The van der Waals surface area contributed by atoms with Crippen molar-refractivity contribution in [1.82, 2.24) is 15.1 Å². The van der Waals surface area contributed by atoms with Gasteiger partial charge in [-0.2, -0.15) is 5.10 Å². The van der Waals surface area contributed by atoms with Gasteiger partial charge in [0.2, 0.25) is 0 Å². The molecule has 0 aliphatic rings. The van der Waals surface area contributed by atoms with Gasteiger partial charge in [0, 0.05) is 18.0 Å². The summed E-state index contributed by atoms with van der Waals surface area (Å²) in [6.45, 7) is 9.09. The highest BCUT2D eigenvalue weighted by Gasteiger charge is 2.24. The zero-order chi connectivity index (χ0) is 16.7. The van der Waals surface area contributed by atoms with Gasteiger partial charge < -0.3 is 10.1 Å². The van der Waals surface area contributed by atoms with Crippen molar-refractivity contribution in [2.75, 3.05) is 0 Å². The molecule has 1 amide bonds. The van der Waals surface area contributed by atoms with Gasteiger partial charge in [-0.15, -0.1) is 11.3 Å². The monoisotopic (exact) mass is 323 g/mol. The third-order valence-electron chi connectivity index (χ3n) is 3.05. The lowest BCUT2D eigenvalue weighted by atomic mass is 10.1. The first-order chi connectivity index (χ1) is 10.1. The van der Waals surface area contributed by atoms with E-state index in [-0.39, 0.29) is 11.4 Å². The number of thiophene rings is 1. The largest absolute Gasteiger partial charge is 0.448 e. The average Bonchev–Trinajstić information content (AvgIpc) is 2.90. The zero-order valence-corrected chi connectivity index (χ0v) is 14.5. The Kier molecular flexibility index (Phi) is 4.28. The lowest BCUT2D eigenvalue weighted by Crippen LogP contribution is -2.46. The first kappa shape index (κ1) is 16.5. The van der Waals surface area contributed by atoms with Crippen molar-refractivity contribution >= 4 is 33.4 Å². The highest BCUT2D eigenvalue weighted by Crippen LogP contribution is 2.28. The number of hydrogen-bond acceptors (Lipinski definition) is 5. The highest BCUT2D eigenvalue weighted by molar-refractivity contribution is 7.20. The number of carbonyl (C=O) groups excluding carboxylic acids is 2. The van der Waals surface area contributed by atoms with Crippen LogP contribution in [0.5, 0.6) is 0 Å². The number of nitrogens with zero attached hydrogens (tertiary/aromatic N) is 2. The molecule has 2 rings (SSSR count). The van der Waals surface area contributed by atoms with E-state index in [1.807, 2.05) is 34.7 Å². The van der Waals surface area contributed by atoms with E-state index < -0.39 is 12.1 Å². The highest BCUT2D eigenvalue weighted by atomic mass is 32.1. The van der Waals surface area contributed by atoms with Gasteiger partial charge in [0.05, 0.1) is 5.69 Å². The number of rotatable bonds is 3. The minimum absolute atomic E-state index is 0.306. The maximum Gasteiger partial charge on any atom is 0.349 e. The van der Waals surface area contributed by atoms with E-state index in [1.54, 1.807) is 17.7 Å². The number of fused-ring (bicyclic) bond motifs is 1. The SMILES string of the molecule is Cc1nn(C)c2sc(C(=O)O[C@@H](C)C(=O)NC(C)(C)C)cc12. The molecule has 0 bridgehead atoms. The van der Waals surface area contributed by atoms with Crippen molar-refractivity contribution in [3.63, 3.8) is 0 Å². The molecule has 0 fully saturated rings. The number of aryl methyl sites for hydroxylation is 2. The Hall–Kier alpha value is -1.89. The first-order valence-corrected chi connectivity index (χ1v) is 7.86. The number of hydrogen-bond donors (Lipinski definition) is 1. The van der Waals surface area contributed by atoms with Crippen LogP contribution in [0.15, 0.2) is 6.07 Å². The lowest BCUT2D eigenvalue weighted by molar-refractivity contribution is -0.130. The van der Waals surface area contributed by atoms with Crippen LogP contribution in [-0.2, 0) is 16.6 Å². The molecule has 22 heavy (non-hydrogen) atoms. The van der Waals surface area contributed by atoms with Crippen LogP contribution in [0.4, 0.5) is 0 Å². The molecular weight excluding hydrogens is 302 g/mol. The summed E-state index contributed by atoms with van der Waals surface area (Å²) in [7, 11) is 1.83. The fourth-order valence-electron chi connectivity index (χ4n) is 2.05. The van der Waals surface area contributed by atoms with Crippen LogP contribution in [-0.4, -0.2) is 33.3 Å². The number of aromatic nitrogens is 2. The molecule has 1 atom stereocenters. The van der Waals surface area contributed by atoms with Crippen molar-refractivity contribution in [3.05, 3.63) is 16.6 Å². The van der Waals surface area contributed by atoms with Gasteiger partial charge in [-0.05, 0) is 40.7 Å². The van der Waals surface area contributed by atoms with E-state index in [2.05, 4.69) is 10.4 Å². The molecular formula is C15H21N3O3S. The van der Waals surface area contributed by atoms with Crippen LogP contribution in [0.25, 0.3) is 10.2 Å². The second-order valence-corrected chi connectivity index (χ2v) is 7.36.